The molecule has 1 unspecified atom stereocenters. The van der Waals surface area contributed by atoms with Gasteiger partial charge in [0.1, 0.15) is 0 Å². The van der Waals surface area contributed by atoms with Crippen molar-refractivity contribution in [3.05, 3.63) is 52.0 Å². The van der Waals surface area contributed by atoms with Crippen LogP contribution in [0.25, 0.3) is 0 Å². The topological polar surface area (TPSA) is 52.6 Å². The number of aryl methyl sites for hydroxylation is 1. The van der Waals surface area contributed by atoms with Crippen LogP contribution in [-0.2, 0) is 19.3 Å². The fourth-order valence-corrected chi connectivity index (χ4v) is 4.45. The van der Waals surface area contributed by atoms with E-state index in [4.69, 9.17) is 0 Å². The van der Waals surface area contributed by atoms with Gasteiger partial charge in [-0.15, -0.1) is 11.3 Å². The number of hydrogen-bond acceptors (Lipinski definition) is 4. The molecule has 0 aliphatic carbocycles. The van der Waals surface area contributed by atoms with E-state index in [2.05, 4.69) is 62.8 Å². The highest BCUT2D eigenvalue weighted by molar-refractivity contribution is 7.11. The maximum Gasteiger partial charge on any atom is 0.191 e. The van der Waals surface area contributed by atoms with Gasteiger partial charge in [0.25, 0.3) is 0 Å². The predicted octanol–water partition coefficient (Wildman–Crippen LogP) is 2.98. The Kier molecular flexibility index (Phi) is 8.30. The number of nitrogens with one attached hydrogen (secondary N) is 2. The van der Waals surface area contributed by atoms with Crippen LogP contribution in [0.5, 0.6) is 0 Å². The van der Waals surface area contributed by atoms with Crippen molar-refractivity contribution in [3.8, 4) is 0 Å². The third kappa shape index (κ3) is 6.60. The summed E-state index contributed by atoms with van der Waals surface area (Å²) in [5.74, 6) is 1.59. The first-order chi connectivity index (χ1) is 13.8. The van der Waals surface area contributed by atoms with Crippen molar-refractivity contribution in [1.29, 1.82) is 0 Å². The molecular weight excluding hydrogens is 366 g/mol. The van der Waals surface area contributed by atoms with Gasteiger partial charge in [-0.2, -0.15) is 0 Å². The Morgan fingerprint density at radius 3 is 2.86 bits per heavy atom. The first-order valence-electron chi connectivity index (χ1n) is 10.4. The number of benzene rings is 1. The zero-order valence-electron chi connectivity index (χ0n) is 17.2. The number of rotatable bonds is 9. The molecule has 1 aliphatic rings. The highest BCUT2D eigenvalue weighted by Crippen LogP contribution is 2.16. The predicted molar refractivity (Wildman–Crippen MR) is 119 cm³/mol. The van der Waals surface area contributed by atoms with Crippen molar-refractivity contribution in [2.24, 2.45) is 10.9 Å². The van der Waals surface area contributed by atoms with E-state index in [1.54, 1.807) is 0 Å². The quantitative estimate of drug-likeness (QED) is 0.503. The molecule has 1 aromatic carbocycles. The number of likely N-dealkylation sites (tertiary alicyclic amines) is 1. The van der Waals surface area contributed by atoms with Gasteiger partial charge < -0.3 is 15.5 Å². The summed E-state index contributed by atoms with van der Waals surface area (Å²) in [6.45, 7) is 7.56. The molecule has 0 radical (unpaired) electrons. The van der Waals surface area contributed by atoms with Crippen LogP contribution in [0.3, 0.4) is 0 Å². The third-order valence-electron chi connectivity index (χ3n) is 5.29. The van der Waals surface area contributed by atoms with Crippen molar-refractivity contribution >= 4 is 17.3 Å². The summed E-state index contributed by atoms with van der Waals surface area (Å²) in [5.41, 5.74) is 1.43. The fraction of sp³-hybridized carbons (Fsp3) is 0.545. The number of hydrogen-bond donors (Lipinski definition) is 2. The van der Waals surface area contributed by atoms with Crippen molar-refractivity contribution < 1.29 is 0 Å². The van der Waals surface area contributed by atoms with Gasteiger partial charge in [-0.05, 0) is 37.3 Å². The number of aliphatic imine (C=N–C) groups is 1. The van der Waals surface area contributed by atoms with Crippen LogP contribution < -0.4 is 10.6 Å². The standard InChI is InChI=1S/C22H33N5S/c1-3-20-16-25-21(28-20)9-12-24-22(23-2)26-15-19-11-14-27(17-19)13-10-18-7-5-4-6-8-18/h4-8,16,19H,3,9-15,17H2,1-2H3,(H2,23,24,26). The summed E-state index contributed by atoms with van der Waals surface area (Å²) in [5, 5.41) is 8.12. The largest absolute Gasteiger partial charge is 0.356 e. The molecule has 0 amide bonds. The van der Waals surface area contributed by atoms with Gasteiger partial charge in [-0.1, -0.05) is 37.3 Å². The lowest BCUT2D eigenvalue weighted by atomic mass is 10.1. The summed E-state index contributed by atoms with van der Waals surface area (Å²) < 4.78 is 0. The molecule has 1 saturated heterocycles. The van der Waals surface area contributed by atoms with Crippen molar-refractivity contribution in [2.45, 2.75) is 32.6 Å². The summed E-state index contributed by atoms with van der Waals surface area (Å²) in [7, 11) is 1.84. The van der Waals surface area contributed by atoms with Crippen LogP contribution in [0.4, 0.5) is 0 Å². The van der Waals surface area contributed by atoms with E-state index in [-0.39, 0.29) is 0 Å². The first kappa shape index (κ1) is 20.8. The van der Waals surface area contributed by atoms with E-state index in [1.807, 2.05) is 24.6 Å². The van der Waals surface area contributed by atoms with Gasteiger partial charge in [0, 0.05) is 50.7 Å². The monoisotopic (exact) mass is 399 g/mol. The lowest BCUT2D eigenvalue weighted by Gasteiger charge is -2.17. The minimum absolute atomic E-state index is 0.695. The van der Waals surface area contributed by atoms with Gasteiger partial charge in [0.15, 0.2) is 5.96 Å². The van der Waals surface area contributed by atoms with Crippen LogP contribution in [0.2, 0.25) is 0 Å². The first-order valence-corrected chi connectivity index (χ1v) is 11.2. The Morgan fingerprint density at radius 1 is 1.25 bits per heavy atom. The summed E-state index contributed by atoms with van der Waals surface area (Å²) in [6.07, 6.45) is 6.41. The average Bonchev–Trinajstić information content (AvgIpc) is 3.39. The highest BCUT2D eigenvalue weighted by Gasteiger charge is 2.22. The van der Waals surface area contributed by atoms with Crippen LogP contribution in [0, 0.1) is 5.92 Å². The molecule has 1 aromatic heterocycles. The maximum absolute atomic E-state index is 4.48. The molecule has 5 nitrogen and oxygen atoms in total. The van der Waals surface area contributed by atoms with Gasteiger partial charge in [-0.25, -0.2) is 4.98 Å². The van der Waals surface area contributed by atoms with E-state index >= 15 is 0 Å². The van der Waals surface area contributed by atoms with Crippen molar-refractivity contribution in [2.75, 3.05) is 39.8 Å². The van der Waals surface area contributed by atoms with E-state index in [1.165, 1.54) is 35.0 Å². The van der Waals surface area contributed by atoms with Gasteiger partial charge in [0.05, 0.1) is 5.01 Å². The van der Waals surface area contributed by atoms with E-state index in [0.29, 0.717) is 5.92 Å². The fourth-order valence-electron chi connectivity index (χ4n) is 3.59. The van der Waals surface area contributed by atoms with Crippen LogP contribution in [0.1, 0.15) is 28.8 Å². The molecule has 0 bridgehead atoms. The van der Waals surface area contributed by atoms with Gasteiger partial charge in [-0.3, -0.25) is 4.99 Å². The average molecular weight is 400 g/mol. The molecule has 0 saturated carbocycles. The smallest absolute Gasteiger partial charge is 0.191 e. The van der Waals surface area contributed by atoms with Gasteiger partial charge >= 0.3 is 0 Å². The molecule has 6 heteroatoms. The zero-order chi connectivity index (χ0) is 19.6. The second-order valence-electron chi connectivity index (χ2n) is 7.39. The molecule has 1 fully saturated rings. The van der Waals surface area contributed by atoms with Crippen LogP contribution in [-0.4, -0.2) is 55.6 Å². The molecule has 152 valence electrons. The Labute approximate surface area is 173 Å². The van der Waals surface area contributed by atoms with Crippen LogP contribution >= 0.6 is 11.3 Å². The molecule has 2 aromatic rings. The SMILES string of the molecule is CCc1cnc(CCNC(=NC)NCC2CCN(CCc3ccccc3)C2)s1. The molecule has 1 atom stereocenters. The summed E-state index contributed by atoms with van der Waals surface area (Å²) in [4.78, 5) is 12.8. The van der Waals surface area contributed by atoms with Crippen molar-refractivity contribution in [1.82, 2.24) is 20.5 Å². The van der Waals surface area contributed by atoms with E-state index in [9.17, 15) is 0 Å². The molecule has 1 aliphatic heterocycles. The zero-order valence-corrected chi connectivity index (χ0v) is 18.0. The second kappa shape index (κ2) is 11.2. The minimum atomic E-state index is 0.695. The highest BCUT2D eigenvalue weighted by atomic mass is 32.1. The Balaban J connectivity index is 1.31. The molecule has 2 heterocycles. The molecular formula is C22H33N5S. The maximum atomic E-state index is 4.48. The third-order valence-corrected chi connectivity index (χ3v) is 6.49. The lowest BCUT2D eigenvalue weighted by Crippen LogP contribution is -2.41. The number of guanidine groups is 1. The Morgan fingerprint density at radius 2 is 2.11 bits per heavy atom. The van der Waals surface area contributed by atoms with Crippen LogP contribution in [0.15, 0.2) is 41.5 Å². The second-order valence-corrected chi connectivity index (χ2v) is 8.59. The lowest BCUT2D eigenvalue weighted by molar-refractivity contribution is 0.328. The Bertz CT molecular complexity index is 728. The molecule has 0 spiro atoms. The molecule has 28 heavy (non-hydrogen) atoms. The number of aromatic nitrogens is 1. The van der Waals surface area contributed by atoms with E-state index < -0.39 is 0 Å². The Hall–Kier alpha value is -1.92. The summed E-state index contributed by atoms with van der Waals surface area (Å²) >= 11 is 1.81. The minimum Gasteiger partial charge on any atom is -0.356 e. The van der Waals surface area contributed by atoms with E-state index in [0.717, 1.165) is 44.9 Å². The number of thiazole rings is 1. The summed E-state index contributed by atoms with van der Waals surface area (Å²) in [6, 6.07) is 10.8. The normalized spacial score (nSPS) is 17.8. The van der Waals surface area contributed by atoms with Gasteiger partial charge in [0.2, 0.25) is 0 Å². The van der Waals surface area contributed by atoms with Crippen molar-refractivity contribution in [3.63, 3.8) is 0 Å². The molecule has 2 N–H and O–H groups in total. The molecule has 3 rings (SSSR count). The number of nitrogens with zero attached hydrogens (tertiary/aromatic N) is 3.